The monoisotopic (exact) mass is 366 g/mol. The molecule has 1 aliphatic heterocycles. The molecule has 5 nitrogen and oxygen atoms in total. The summed E-state index contributed by atoms with van der Waals surface area (Å²) in [6, 6.07) is 9.76. The largest absolute Gasteiger partial charge is 0.445 e. The molecular weight excluding hydrogens is 340 g/mol. The van der Waals surface area contributed by atoms with E-state index in [1.165, 1.54) is 0 Å². The third kappa shape index (κ3) is 5.92. The van der Waals surface area contributed by atoms with Crippen LogP contribution in [-0.2, 0) is 16.1 Å². The second-order valence-electron chi connectivity index (χ2n) is 6.77. The molecule has 0 aliphatic carbocycles. The van der Waals surface area contributed by atoms with Crippen LogP contribution in [0.4, 0.5) is 4.79 Å². The molecule has 2 amide bonds. The predicted octanol–water partition coefficient (Wildman–Crippen LogP) is 3.51. The van der Waals surface area contributed by atoms with E-state index in [-0.39, 0.29) is 36.4 Å². The fourth-order valence-corrected chi connectivity index (χ4v) is 3.30. The van der Waals surface area contributed by atoms with Crippen LogP contribution in [0.15, 0.2) is 30.3 Å². The minimum atomic E-state index is -0.284. The molecule has 1 saturated heterocycles. The Balaban J connectivity index is 1.86. The van der Waals surface area contributed by atoms with Gasteiger partial charge in [-0.2, -0.15) is 0 Å². The van der Waals surface area contributed by atoms with Gasteiger partial charge in [0.2, 0.25) is 5.91 Å². The van der Waals surface area contributed by atoms with Gasteiger partial charge in [0, 0.05) is 25.7 Å². The van der Waals surface area contributed by atoms with Crippen LogP contribution in [0.2, 0.25) is 0 Å². The fraction of sp³-hybridized carbons (Fsp3) is 0.579. The Morgan fingerprint density at radius 2 is 2.04 bits per heavy atom. The molecule has 1 fully saturated rings. The van der Waals surface area contributed by atoms with Gasteiger partial charge in [-0.25, -0.2) is 4.79 Å². The molecule has 1 aromatic rings. The number of alkyl halides is 1. The number of benzene rings is 1. The number of ether oxygens (including phenoxy) is 1. The number of carbonyl (C=O) groups is 2. The lowest BCUT2D eigenvalue weighted by molar-refractivity contribution is -0.131. The first-order valence-electron chi connectivity index (χ1n) is 8.82. The van der Waals surface area contributed by atoms with E-state index in [2.05, 4.69) is 0 Å². The molecule has 1 heterocycles. The van der Waals surface area contributed by atoms with Crippen molar-refractivity contribution in [2.45, 2.75) is 39.3 Å². The standard InChI is InChI=1S/C19H27ClN2O3/c1-15(2)22(18(23)11-20)13-17-9-6-10-21(12-17)19(24)25-14-16-7-4-3-5-8-16/h3-5,7-8,15,17H,6,9-14H2,1-2H3. The molecule has 0 bridgehead atoms. The minimum Gasteiger partial charge on any atom is -0.445 e. The second kappa shape index (κ2) is 9.66. The summed E-state index contributed by atoms with van der Waals surface area (Å²) >= 11 is 5.71. The second-order valence-corrected chi connectivity index (χ2v) is 7.04. The molecule has 0 radical (unpaired) electrons. The van der Waals surface area contributed by atoms with Crippen molar-refractivity contribution in [2.24, 2.45) is 5.92 Å². The van der Waals surface area contributed by atoms with Crippen molar-refractivity contribution in [3.05, 3.63) is 35.9 Å². The zero-order valence-corrected chi connectivity index (χ0v) is 15.7. The molecule has 0 spiro atoms. The summed E-state index contributed by atoms with van der Waals surface area (Å²) in [5.74, 6) is 0.196. The molecule has 0 saturated carbocycles. The van der Waals surface area contributed by atoms with E-state index in [1.807, 2.05) is 44.2 Å². The van der Waals surface area contributed by atoms with Crippen molar-refractivity contribution >= 4 is 23.6 Å². The molecule has 138 valence electrons. The number of halogens is 1. The van der Waals surface area contributed by atoms with Crippen LogP contribution in [0.5, 0.6) is 0 Å². The van der Waals surface area contributed by atoms with Crippen molar-refractivity contribution in [2.75, 3.05) is 25.5 Å². The summed E-state index contributed by atoms with van der Waals surface area (Å²) in [5.41, 5.74) is 0.975. The molecule has 2 rings (SSSR count). The predicted molar refractivity (Wildman–Crippen MR) is 98.5 cm³/mol. The molecule has 25 heavy (non-hydrogen) atoms. The van der Waals surface area contributed by atoms with E-state index in [4.69, 9.17) is 16.3 Å². The van der Waals surface area contributed by atoms with E-state index in [1.54, 1.807) is 9.80 Å². The summed E-state index contributed by atoms with van der Waals surface area (Å²) in [6.45, 7) is 6.20. The van der Waals surface area contributed by atoms with Gasteiger partial charge in [0.15, 0.2) is 0 Å². The highest BCUT2D eigenvalue weighted by Gasteiger charge is 2.28. The summed E-state index contributed by atoms with van der Waals surface area (Å²) in [5, 5.41) is 0. The highest BCUT2D eigenvalue weighted by atomic mass is 35.5. The fourth-order valence-electron chi connectivity index (χ4n) is 3.15. The van der Waals surface area contributed by atoms with E-state index < -0.39 is 0 Å². The Kier molecular flexibility index (Phi) is 7.56. The number of piperidine rings is 1. The van der Waals surface area contributed by atoms with Gasteiger partial charge in [-0.05, 0) is 38.2 Å². The molecule has 0 aromatic heterocycles. The van der Waals surface area contributed by atoms with Gasteiger partial charge >= 0.3 is 6.09 Å². The first-order valence-corrected chi connectivity index (χ1v) is 9.35. The Bertz CT molecular complexity index is 565. The van der Waals surface area contributed by atoms with Gasteiger partial charge in [0.1, 0.15) is 12.5 Å². The molecule has 1 aliphatic rings. The normalized spacial score (nSPS) is 17.4. The highest BCUT2D eigenvalue weighted by molar-refractivity contribution is 6.27. The molecule has 1 aromatic carbocycles. The maximum atomic E-state index is 12.3. The van der Waals surface area contributed by atoms with E-state index >= 15 is 0 Å². The van der Waals surface area contributed by atoms with E-state index in [9.17, 15) is 9.59 Å². The lowest BCUT2D eigenvalue weighted by Crippen LogP contribution is -2.47. The number of likely N-dealkylation sites (tertiary alicyclic amines) is 1. The lowest BCUT2D eigenvalue weighted by atomic mass is 9.97. The molecule has 6 heteroatoms. The molecular formula is C19H27ClN2O3. The Labute approximate surface area is 154 Å². The van der Waals surface area contributed by atoms with Crippen LogP contribution in [0, 0.1) is 5.92 Å². The molecule has 0 N–H and O–H groups in total. The first kappa shape index (κ1) is 19.6. The number of rotatable bonds is 6. The smallest absolute Gasteiger partial charge is 0.410 e. The zero-order chi connectivity index (χ0) is 18.2. The Hall–Kier alpha value is -1.75. The van der Waals surface area contributed by atoms with Gasteiger partial charge < -0.3 is 14.5 Å². The van der Waals surface area contributed by atoms with Gasteiger partial charge in [-0.3, -0.25) is 4.79 Å². The Morgan fingerprint density at radius 3 is 2.68 bits per heavy atom. The third-order valence-corrected chi connectivity index (χ3v) is 4.72. The van der Waals surface area contributed by atoms with E-state index in [0.717, 1.165) is 18.4 Å². The van der Waals surface area contributed by atoms with Gasteiger partial charge in [-0.1, -0.05) is 30.3 Å². The van der Waals surface area contributed by atoms with Crippen molar-refractivity contribution in [3.63, 3.8) is 0 Å². The van der Waals surface area contributed by atoms with Crippen molar-refractivity contribution in [1.82, 2.24) is 9.80 Å². The van der Waals surface area contributed by atoms with Crippen LogP contribution in [0.3, 0.4) is 0 Å². The van der Waals surface area contributed by atoms with E-state index in [0.29, 0.717) is 19.6 Å². The van der Waals surface area contributed by atoms with Crippen molar-refractivity contribution in [1.29, 1.82) is 0 Å². The molecule has 1 unspecified atom stereocenters. The van der Waals surface area contributed by atoms with Crippen molar-refractivity contribution < 1.29 is 14.3 Å². The highest BCUT2D eigenvalue weighted by Crippen LogP contribution is 2.20. The number of carbonyl (C=O) groups excluding carboxylic acids is 2. The topological polar surface area (TPSA) is 49.9 Å². The lowest BCUT2D eigenvalue weighted by Gasteiger charge is -2.36. The summed E-state index contributed by atoms with van der Waals surface area (Å²) in [4.78, 5) is 27.9. The summed E-state index contributed by atoms with van der Waals surface area (Å²) in [7, 11) is 0. The minimum absolute atomic E-state index is 0.00622. The number of nitrogens with zero attached hydrogens (tertiary/aromatic N) is 2. The third-order valence-electron chi connectivity index (χ3n) is 4.50. The van der Waals surface area contributed by atoms with Gasteiger partial charge in [0.25, 0.3) is 0 Å². The average Bonchev–Trinajstić information content (AvgIpc) is 2.64. The zero-order valence-electron chi connectivity index (χ0n) is 15.0. The van der Waals surface area contributed by atoms with Crippen LogP contribution in [0.25, 0.3) is 0 Å². The SMILES string of the molecule is CC(C)N(CC1CCCN(C(=O)OCc2ccccc2)C1)C(=O)CCl. The maximum absolute atomic E-state index is 12.3. The van der Waals surface area contributed by atoms with Crippen LogP contribution in [-0.4, -0.2) is 53.4 Å². The summed E-state index contributed by atoms with van der Waals surface area (Å²) < 4.78 is 5.42. The first-order chi connectivity index (χ1) is 12.0. The van der Waals surface area contributed by atoms with Crippen LogP contribution >= 0.6 is 11.6 Å². The quantitative estimate of drug-likeness (QED) is 0.724. The number of hydrogen-bond donors (Lipinski definition) is 0. The van der Waals surface area contributed by atoms with Gasteiger partial charge in [-0.15, -0.1) is 11.6 Å². The summed E-state index contributed by atoms with van der Waals surface area (Å²) in [6.07, 6.45) is 1.64. The van der Waals surface area contributed by atoms with Gasteiger partial charge in [0.05, 0.1) is 0 Å². The maximum Gasteiger partial charge on any atom is 0.410 e. The average molecular weight is 367 g/mol. The number of amides is 2. The number of hydrogen-bond acceptors (Lipinski definition) is 3. The van der Waals surface area contributed by atoms with Crippen molar-refractivity contribution in [3.8, 4) is 0 Å². The van der Waals surface area contributed by atoms with Crippen LogP contribution in [0.1, 0.15) is 32.3 Å². The van der Waals surface area contributed by atoms with Crippen LogP contribution < -0.4 is 0 Å². The molecule has 1 atom stereocenters. The Morgan fingerprint density at radius 1 is 1.32 bits per heavy atom.